The van der Waals surface area contributed by atoms with Crippen molar-refractivity contribution in [1.29, 1.82) is 0 Å². The van der Waals surface area contributed by atoms with Crippen LogP contribution in [-0.4, -0.2) is 16.1 Å². The van der Waals surface area contributed by atoms with Gasteiger partial charge in [0.1, 0.15) is 11.4 Å². The summed E-state index contributed by atoms with van der Waals surface area (Å²) in [5.41, 5.74) is -5.32. The minimum atomic E-state index is -2.43. The zero-order chi connectivity index (χ0) is 21.5. The number of rotatable bonds is 2. The fourth-order valence-corrected chi connectivity index (χ4v) is 2.42. The molecule has 29 heavy (non-hydrogen) atoms. The third-order valence-electron chi connectivity index (χ3n) is 3.79. The molecule has 0 radical (unpaired) electrons. The van der Waals surface area contributed by atoms with E-state index < -0.39 is 63.2 Å². The summed E-state index contributed by atoms with van der Waals surface area (Å²) in [6, 6.07) is 3.88. The van der Waals surface area contributed by atoms with E-state index >= 15 is 0 Å². The molecule has 0 unspecified atom stereocenters. The molecule has 0 fully saturated rings. The molecule has 7 nitrogen and oxygen atoms in total. The molecule has 0 aliphatic rings. The van der Waals surface area contributed by atoms with Gasteiger partial charge < -0.3 is 20.7 Å². The first-order chi connectivity index (χ1) is 13.6. The highest BCUT2D eigenvalue weighted by Crippen LogP contribution is 2.29. The van der Waals surface area contributed by atoms with Crippen LogP contribution in [0, 0.1) is 29.1 Å². The Hall–Kier alpha value is -3.96. The summed E-state index contributed by atoms with van der Waals surface area (Å²) in [5.74, 6) is -12.6. The van der Waals surface area contributed by atoms with Crippen LogP contribution < -0.4 is 21.6 Å². The number of benzene rings is 2. The highest BCUT2D eigenvalue weighted by Gasteiger charge is 2.27. The number of fused-ring (bicyclic) bond motifs is 1. The summed E-state index contributed by atoms with van der Waals surface area (Å²) in [7, 11) is 0. The second-order valence-corrected chi connectivity index (χ2v) is 5.58. The molecule has 0 spiro atoms. The molecule has 0 aliphatic heterocycles. The first-order valence-corrected chi connectivity index (χ1v) is 7.61. The van der Waals surface area contributed by atoms with Crippen LogP contribution >= 0.6 is 0 Å². The quantitative estimate of drug-likeness (QED) is 0.224. The molecule has 12 heteroatoms. The van der Waals surface area contributed by atoms with Crippen molar-refractivity contribution < 1.29 is 31.9 Å². The molecule has 0 saturated carbocycles. The van der Waals surface area contributed by atoms with Gasteiger partial charge in [0.15, 0.2) is 29.0 Å². The SMILES string of the molecule is O=C(Nc1c(F)c(F)c(F)c(F)c1F)Nc1c(O)c2ccccc2[nH]c(=O)c1=O. The molecule has 1 aromatic heterocycles. The maximum atomic E-state index is 13.7. The summed E-state index contributed by atoms with van der Waals surface area (Å²) in [6.45, 7) is 0. The second-order valence-electron chi connectivity index (χ2n) is 5.58. The Balaban J connectivity index is 2.07. The highest BCUT2D eigenvalue weighted by molar-refractivity contribution is 6.02. The number of hydrogen-bond acceptors (Lipinski definition) is 4. The molecule has 0 atom stereocenters. The van der Waals surface area contributed by atoms with Gasteiger partial charge in [0.2, 0.25) is 5.82 Å². The van der Waals surface area contributed by atoms with Crippen LogP contribution in [0.3, 0.4) is 0 Å². The second kappa shape index (κ2) is 7.22. The number of halogens is 5. The molecule has 2 amide bonds. The minimum absolute atomic E-state index is 0.0281. The normalized spacial score (nSPS) is 10.8. The Labute approximate surface area is 156 Å². The Kier molecular flexibility index (Phi) is 4.93. The van der Waals surface area contributed by atoms with Gasteiger partial charge in [0.05, 0.1) is 5.52 Å². The van der Waals surface area contributed by atoms with Gasteiger partial charge in [-0.1, -0.05) is 12.1 Å². The lowest BCUT2D eigenvalue weighted by Crippen LogP contribution is -2.30. The third kappa shape index (κ3) is 3.35. The van der Waals surface area contributed by atoms with E-state index in [1.54, 1.807) is 5.32 Å². The van der Waals surface area contributed by atoms with Crippen molar-refractivity contribution in [3.05, 3.63) is 73.9 Å². The number of carbonyl (C=O) groups excluding carboxylic acids is 1. The molecule has 1 heterocycles. The monoisotopic (exact) mass is 413 g/mol. The summed E-state index contributed by atoms with van der Waals surface area (Å²) in [5, 5.41) is 13.2. The van der Waals surface area contributed by atoms with Gasteiger partial charge >= 0.3 is 6.03 Å². The molecule has 0 aliphatic carbocycles. The van der Waals surface area contributed by atoms with Crippen LogP contribution in [-0.2, 0) is 0 Å². The van der Waals surface area contributed by atoms with Crippen molar-refractivity contribution in [3.8, 4) is 5.75 Å². The fourth-order valence-electron chi connectivity index (χ4n) is 2.42. The van der Waals surface area contributed by atoms with E-state index in [9.17, 15) is 41.4 Å². The topological polar surface area (TPSA) is 111 Å². The molecule has 0 saturated heterocycles. The molecule has 3 rings (SSSR count). The number of aromatic hydroxyl groups is 1. The van der Waals surface area contributed by atoms with Crippen molar-refractivity contribution in [2.24, 2.45) is 0 Å². The van der Waals surface area contributed by atoms with Gasteiger partial charge in [-0.25, -0.2) is 26.7 Å². The largest absolute Gasteiger partial charge is 0.505 e. The fraction of sp³-hybridized carbons (Fsp3) is 0. The standard InChI is InChI=1S/C17H8F5N3O4/c18-7-8(19)10(21)12(11(22)9(7)20)24-17(29)25-13-14(26)5-3-1-2-4-6(5)23-16(28)15(13)27/h1-4H,(H4,23,24,25,26,27,28,29). The van der Waals surface area contributed by atoms with Crippen LogP contribution in [0.15, 0.2) is 33.9 Å². The average molecular weight is 413 g/mol. The summed E-state index contributed by atoms with van der Waals surface area (Å²) in [6.07, 6.45) is 0. The zero-order valence-electron chi connectivity index (χ0n) is 13.9. The summed E-state index contributed by atoms with van der Waals surface area (Å²) in [4.78, 5) is 38.1. The van der Waals surface area contributed by atoms with Gasteiger partial charge in [0.25, 0.3) is 11.0 Å². The van der Waals surface area contributed by atoms with Gasteiger partial charge in [-0.3, -0.25) is 9.59 Å². The number of anilines is 2. The Bertz CT molecular complexity index is 1260. The highest BCUT2D eigenvalue weighted by atomic mass is 19.2. The number of aromatic amines is 1. The number of urea groups is 1. The number of amides is 2. The van der Waals surface area contributed by atoms with Crippen molar-refractivity contribution in [2.45, 2.75) is 0 Å². The molecule has 2 aromatic carbocycles. The number of aromatic nitrogens is 1. The van der Waals surface area contributed by atoms with Crippen molar-refractivity contribution in [3.63, 3.8) is 0 Å². The lowest BCUT2D eigenvalue weighted by molar-refractivity contribution is 0.261. The molecule has 3 aromatic rings. The van der Waals surface area contributed by atoms with E-state index in [0.29, 0.717) is 0 Å². The van der Waals surface area contributed by atoms with Crippen molar-refractivity contribution in [1.82, 2.24) is 4.98 Å². The summed E-state index contributed by atoms with van der Waals surface area (Å²) >= 11 is 0. The molecular weight excluding hydrogens is 405 g/mol. The van der Waals surface area contributed by atoms with Gasteiger partial charge in [-0.15, -0.1) is 0 Å². The number of para-hydroxylation sites is 1. The van der Waals surface area contributed by atoms with Crippen LogP contribution in [0.2, 0.25) is 0 Å². The van der Waals surface area contributed by atoms with Crippen LogP contribution in [0.5, 0.6) is 5.75 Å². The first-order valence-electron chi connectivity index (χ1n) is 7.61. The molecular formula is C17H8F5N3O4. The lowest BCUT2D eigenvalue weighted by Gasteiger charge is -2.10. The van der Waals surface area contributed by atoms with Crippen LogP contribution in [0.1, 0.15) is 0 Å². The number of nitrogens with one attached hydrogen (secondary N) is 3. The van der Waals surface area contributed by atoms with E-state index in [1.807, 2.05) is 0 Å². The predicted molar refractivity (Wildman–Crippen MR) is 91.4 cm³/mol. The smallest absolute Gasteiger partial charge is 0.324 e. The van der Waals surface area contributed by atoms with Gasteiger partial charge in [-0.05, 0) is 12.1 Å². The lowest BCUT2D eigenvalue weighted by atomic mass is 10.2. The maximum absolute atomic E-state index is 13.7. The molecule has 0 bridgehead atoms. The predicted octanol–water partition coefficient (Wildman–Crippen LogP) is 2.93. The van der Waals surface area contributed by atoms with E-state index in [1.165, 1.54) is 29.6 Å². The molecule has 150 valence electrons. The first kappa shape index (κ1) is 19.8. The van der Waals surface area contributed by atoms with Crippen LogP contribution in [0.25, 0.3) is 10.9 Å². The van der Waals surface area contributed by atoms with E-state index in [-0.39, 0.29) is 10.9 Å². The average Bonchev–Trinajstić information content (AvgIpc) is 2.79. The van der Waals surface area contributed by atoms with Gasteiger partial charge in [0, 0.05) is 5.39 Å². The number of H-pyrrole nitrogens is 1. The van der Waals surface area contributed by atoms with Crippen molar-refractivity contribution in [2.75, 3.05) is 10.6 Å². The van der Waals surface area contributed by atoms with Crippen molar-refractivity contribution >= 4 is 28.3 Å². The Morgan fingerprint density at radius 2 is 1.34 bits per heavy atom. The Morgan fingerprint density at radius 3 is 1.97 bits per heavy atom. The minimum Gasteiger partial charge on any atom is -0.505 e. The van der Waals surface area contributed by atoms with Gasteiger partial charge in [-0.2, -0.15) is 0 Å². The number of carbonyl (C=O) groups is 1. The third-order valence-corrected chi connectivity index (χ3v) is 3.79. The van der Waals surface area contributed by atoms with Crippen LogP contribution in [0.4, 0.5) is 38.1 Å². The summed E-state index contributed by atoms with van der Waals surface area (Å²) < 4.78 is 66.8. The number of hydrogen-bond donors (Lipinski definition) is 4. The van der Waals surface area contributed by atoms with E-state index in [0.717, 1.165) is 0 Å². The Morgan fingerprint density at radius 1 is 0.828 bits per heavy atom. The van der Waals surface area contributed by atoms with E-state index in [4.69, 9.17) is 0 Å². The maximum Gasteiger partial charge on any atom is 0.324 e. The van der Waals surface area contributed by atoms with E-state index in [2.05, 4.69) is 4.98 Å². The molecule has 4 N–H and O–H groups in total. The zero-order valence-corrected chi connectivity index (χ0v) is 13.9.